The summed E-state index contributed by atoms with van der Waals surface area (Å²) in [7, 11) is 1.14. The Morgan fingerprint density at radius 3 is 2.61 bits per heavy atom. The number of alkyl halides is 3. The standard InChI is InChI=1S/C9H7F3INO4/c1-17-5-3-14-8(13)4(2-6(15)16)7(5)18-9(10,11)12/h3H,2H2,1H3,(H,15,16). The second-order valence-corrected chi connectivity index (χ2v) is 4.07. The van der Waals surface area contributed by atoms with E-state index in [-0.39, 0.29) is 15.0 Å². The van der Waals surface area contributed by atoms with Crippen LogP contribution in [0.5, 0.6) is 11.5 Å². The Morgan fingerprint density at radius 1 is 1.56 bits per heavy atom. The molecule has 5 nitrogen and oxygen atoms in total. The van der Waals surface area contributed by atoms with Crippen molar-refractivity contribution in [3.8, 4) is 11.5 Å². The minimum absolute atomic E-state index is 0.107. The maximum Gasteiger partial charge on any atom is 0.573 e. The van der Waals surface area contributed by atoms with E-state index in [1.165, 1.54) is 0 Å². The summed E-state index contributed by atoms with van der Waals surface area (Å²) in [6.07, 6.45) is -4.55. The highest BCUT2D eigenvalue weighted by atomic mass is 127. The molecule has 1 rings (SSSR count). The fourth-order valence-corrected chi connectivity index (χ4v) is 1.75. The molecule has 9 heteroatoms. The maximum atomic E-state index is 12.3. The van der Waals surface area contributed by atoms with Crippen molar-refractivity contribution >= 4 is 28.6 Å². The monoisotopic (exact) mass is 377 g/mol. The van der Waals surface area contributed by atoms with Gasteiger partial charge in [-0.3, -0.25) is 4.79 Å². The zero-order valence-corrected chi connectivity index (χ0v) is 11.1. The summed E-state index contributed by atoms with van der Waals surface area (Å²) in [5.41, 5.74) is -0.181. The number of hydrogen-bond acceptors (Lipinski definition) is 4. The summed E-state index contributed by atoms with van der Waals surface area (Å²) in [6.45, 7) is 0. The van der Waals surface area contributed by atoms with Crippen molar-refractivity contribution in [3.05, 3.63) is 15.5 Å². The lowest BCUT2D eigenvalue weighted by atomic mass is 10.2. The topological polar surface area (TPSA) is 68.7 Å². The molecule has 0 radical (unpaired) electrons. The molecule has 0 amide bonds. The highest BCUT2D eigenvalue weighted by Gasteiger charge is 2.34. The number of methoxy groups -OCH3 is 1. The van der Waals surface area contributed by atoms with Crippen molar-refractivity contribution in [2.24, 2.45) is 0 Å². The van der Waals surface area contributed by atoms with E-state index < -0.39 is 24.5 Å². The Labute approximate surface area is 113 Å². The number of pyridine rings is 1. The van der Waals surface area contributed by atoms with Gasteiger partial charge in [-0.15, -0.1) is 13.2 Å². The third-order valence-corrected chi connectivity index (χ3v) is 2.74. The number of carboxylic acids is 1. The van der Waals surface area contributed by atoms with Crippen LogP contribution in [0.3, 0.4) is 0 Å². The van der Waals surface area contributed by atoms with Crippen LogP contribution in [0.1, 0.15) is 5.56 Å². The van der Waals surface area contributed by atoms with Gasteiger partial charge in [0, 0.05) is 5.56 Å². The van der Waals surface area contributed by atoms with Gasteiger partial charge < -0.3 is 14.6 Å². The van der Waals surface area contributed by atoms with Gasteiger partial charge in [-0.25, -0.2) is 4.98 Å². The molecule has 0 saturated carbocycles. The average molecular weight is 377 g/mol. The Bertz CT molecular complexity index is 464. The molecule has 0 aliphatic heterocycles. The van der Waals surface area contributed by atoms with Crippen LogP contribution in [-0.4, -0.2) is 29.5 Å². The number of hydrogen-bond donors (Lipinski definition) is 1. The van der Waals surface area contributed by atoms with Crippen LogP contribution in [0, 0.1) is 3.70 Å². The first-order chi connectivity index (χ1) is 8.24. The summed E-state index contributed by atoms with van der Waals surface area (Å²) in [5.74, 6) is -2.24. The van der Waals surface area contributed by atoms with Crippen molar-refractivity contribution in [2.45, 2.75) is 12.8 Å². The SMILES string of the molecule is COc1cnc(I)c(CC(=O)O)c1OC(F)(F)F. The number of carbonyl (C=O) groups is 1. The normalized spacial score (nSPS) is 11.2. The molecular formula is C9H7F3INO4. The molecule has 1 N–H and O–H groups in total. The van der Waals surface area contributed by atoms with E-state index in [1.54, 1.807) is 22.6 Å². The minimum Gasteiger partial charge on any atom is -0.491 e. The first-order valence-corrected chi connectivity index (χ1v) is 5.51. The Kier molecular flexibility index (Phi) is 4.59. The number of rotatable bonds is 4. The van der Waals surface area contributed by atoms with E-state index in [0.29, 0.717) is 0 Å². The smallest absolute Gasteiger partial charge is 0.491 e. The molecule has 0 atom stereocenters. The fraction of sp³-hybridized carbons (Fsp3) is 0.333. The second-order valence-electron chi connectivity index (χ2n) is 3.04. The predicted octanol–water partition coefficient (Wildman–Crippen LogP) is 2.22. The van der Waals surface area contributed by atoms with Gasteiger partial charge in [0.15, 0.2) is 11.5 Å². The lowest BCUT2D eigenvalue weighted by Crippen LogP contribution is -2.20. The molecule has 18 heavy (non-hydrogen) atoms. The first kappa shape index (κ1) is 14.8. The van der Waals surface area contributed by atoms with Crippen LogP contribution in [-0.2, 0) is 11.2 Å². The number of carboxylic acid groups (broad SMARTS) is 1. The fourth-order valence-electron chi connectivity index (χ4n) is 1.17. The van der Waals surface area contributed by atoms with Gasteiger partial charge in [-0.2, -0.15) is 0 Å². The van der Waals surface area contributed by atoms with Crippen LogP contribution in [0.4, 0.5) is 13.2 Å². The van der Waals surface area contributed by atoms with E-state index >= 15 is 0 Å². The molecule has 0 spiro atoms. The highest BCUT2D eigenvalue weighted by Crippen LogP contribution is 2.37. The van der Waals surface area contributed by atoms with Gasteiger partial charge in [-0.1, -0.05) is 0 Å². The summed E-state index contributed by atoms with van der Waals surface area (Å²) in [4.78, 5) is 14.4. The quantitative estimate of drug-likeness (QED) is 0.644. The Morgan fingerprint density at radius 2 is 2.17 bits per heavy atom. The first-order valence-electron chi connectivity index (χ1n) is 4.43. The van der Waals surface area contributed by atoms with Crippen LogP contribution < -0.4 is 9.47 Å². The Balaban J connectivity index is 3.31. The van der Waals surface area contributed by atoms with E-state index in [9.17, 15) is 18.0 Å². The van der Waals surface area contributed by atoms with Crippen molar-refractivity contribution in [1.82, 2.24) is 4.98 Å². The molecular weight excluding hydrogens is 370 g/mol. The van der Waals surface area contributed by atoms with Gasteiger partial charge in [-0.05, 0) is 22.6 Å². The summed E-state index contributed by atoms with van der Waals surface area (Å²) < 4.78 is 45.4. The van der Waals surface area contributed by atoms with E-state index in [4.69, 9.17) is 5.11 Å². The number of aliphatic carboxylic acids is 1. The molecule has 0 fully saturated rings. The van der Waals surface area contributed by atoms with Crippen LogP contribution in [0.25, 0.3) is 0 Å². The third kappa shape index (κ3) is 3.89. The van der Waals surface area contributed by atoms with Gasteiger partial charge in [0.2, 0.25) is 0 Å². The second kappa shape index (κ2) is 5.59. The molecule has 1 heterocycles. The molecule has 100 valence electrons. The molecule has 1 aromatic rings. The average Bonchev–Trinajstić information content (AvgIpc) is 2.21. The zero-order valence-electron chi connectivity index (χ0n) is 8.92. The van der Waals surface area contributed by atoms with E-state index in [1.807, 2.05) is 0 Å². The van der Waals surface area contributed by atoms with Crippen LogP contribution >= 0.6 is 22.6 Å². The Hall–Kier alpha value is -1.26. The van der Waals surface area contributed by atoms with E-state index in [2.05, 4.69) is 14.5 Å². The summed E-state index contributed by atoms with van der Waals surface area (Å²) in [5, 5.41) is 8.67. The van der Waals surface area contributed by atoms with Crippen molar-refractivity contribution in [3.63, 3.8) is 0 Å². The molecule has 0 aliphatic carbocycles. The molecule has 0 aromatic carbocycles. The molecule has 0 unspecified atom stereocenters. The summed E-state index contributed by atoms with van der Waals surface area (Å²) in [6, 6.07) is 0. The number of aromatic nitrogens is 1. The predicted molar refractivity (Wildman–Crippen MR) is 61.5 cm³/mol. The zero-order chi connectivity index (χ0) is 13.9. The van der Waals surface area contributed by atoms with Gasteiger partial charge in [0.25, 0.3) is 0 Å². The molecule has 0 aliphatic rings. The number of nitrogens with zero attached hydrogens (tertiary/aromatic N) is 1. The largest absolute Gasteiger partial charge is 0.573 e. The highest BCUT2D eigenvalue weighted by molar-refractivity contribution is 14.1. The van der Waals surface area contributed by atoms with Gasteiger partial charge >= 0.3 is 12.3 Å². The van der Waals surface area contributed by atoms with Crippen molar-refractivity contribution in [2.75, 3.05) is 7.11 Å². The minimum atomic E-state index is -4.94. The van der Waals surface area contributed by atoms with Crippen molar-refractivity contribution < 1.29 is 32.5 Å². The van der Waals surface area contributed by atoms with Crippen LogP contribution in [0.2, 0.25) is 0 Å². The van der Waals surface area contributed by atoms with Crippen LogP contribution in [0.15, 0.2) is 6.20 Å². The number of halogens is 4. The summed E-state index contributed by atoms with van der Waals surface area (Å²) >= 11 is 1.63. The lowest BCUT2D eigenvalue weighted by Gasteiger charge is -2.16. The molecule has 0 bridgehead atoms. The van der Waals surface area contributed by atoms with Gasteiger partial charge in [0.1, 0.15) is 3.70 Å². The molecule has 0 saturated heterocycles. The molecule has 1 aromatic heterocycles. The third-order valence-electron chi connectivity index (χ3n) is 1.81. The maximum absolute atomic E-state index is 12.3. The van der Waals surface area contributed by atoms with E-state index in [0.717, 1.165) is 13.3 Å². The lowest BCUT2D eigenvalue weighted by molar-refractivity contribution is -0.275. The number of ether oxygens (including phenoxy) is 2. The van der Waals surface area contributed by atoms with Crippen molar-refractivity contribution in [1.29, 1.82) is 0 Å². The van der Waals surface area contributed by atoms with Gasteiger partial charge in [0.05, 0.1) is 19.7 Å².